The maximum absolute atomic E-state index is 11.8. The molecule has 0 aromatic heterocycles. The van der Waals surface area contributed by atoms with Crippen molar-refractivity contribution in [1.82, 2.24) is 0 Å². The Morgan fingerprint density at radius 3 is 1.93 bits per heavy atom. The summed E-state index contributed by atoms with van der Waals surface area (Å²) in [5.74, 6) is -0.319. The number of carbonyl (C=O) groups is 1. The topological polar surface area (TPSA) is 66.8 Å². The molecule has 4 heteroatoms. The van der Waals surface area contributed by atoms with Gasteiger partial charge >= 0.3 is 5.97 Å². The van der Waals surface area contributed by atoms with Crippen LogP contribution in [0.2, 0.25) is 0 Å². The van der Waals surface area contributed by atoms with E-state index < -0.39 is 0 Å². The molecule has 0 bridgehead atoms. The smallest absolute Gasteiger partial charge is 0.305 e. The van der Waals surface area contributed by atoms with Crippen LogP contribution in [0.3, 0.4) is 0 Å². The molecule has 1 aromatic carbocycles. The molecule has 0 unspecified atom stereocenters. The number of aryl methyl sites for hydroxylation is 1. The summed E-state index contributed by atoms with van der Waals surface area (Å²) >= 11 is 0. The summed E-state index contributed by atoms with van der Waals surface area (Å²) in [5.41, 5.74) is 0.678. The molecule has 0 amide bonds. The van der Waals surface area contributed by atoms with E-state index in [-0.39, 0.29) is 17.5 Å². The lowest BCUT2D eigenvalue weighted by Crippen LogP contribution is -2.06. The fraction of sp³-hybridized carbons (Fsp3) is 0.720. The number of hydrogen-bond acceptors (Lipinski definition) is 4. The fourth-order valence-corrected chi connectivity index (χ4v) is 3.59. The second-order valence-corrected chi connectivity index (χ2v) is 8.10. The van der Waals surface area contributed by atoms with Crippen molar-refractivity contribution in [2.75, 3.05) is 6.61 Å². The zero-order valence-corrected chi connectivity index (χ0v) is 18.5. The average molecular weight is 407 g/mol. The van der Waals surface area contributed by atoms with E-state index in [1.807, 2.05) is 0 Å². The van der Waals surface area contributed by atoms with Gasteiger partial charge in [0, 0.05) is 6.42 Å². The molecular weight excluding hydrogens is 364 g/mol. The summed E-state index contributed by atoms with van der Waals surface area (Å²) in [6.07, 6.45) is 18.6. The highest BCUT2D eigenvalue weighted by atomic mass is 16.5. The second kappa shape index (κ2) is 17.2. The van der Waals surface area contributed by atoms with Gasteiger partial charge in [0.25, 0.3) is 0 Å². The first kappa shape index (κ1) is 25.3. The Kier molecular flexibility index (Phi) is 15.0. The van der Waals surface area contributed by atoms with E-state index in [2.05, 4.69) is 6.92 Å². The minimum Gasteiger partial charge on any atom is -0.504 e. The number of ether oxygens (including phenoxy) is 1. The Balaban J connectivity index is 1.86. The van der Waals surface area contributed by atoms with Crippen LogP contribution in [0.5, 0.6) is 11.5 Å². The second-order valence-electron chi connectivity index (χ2n) is 8.10. The molecule has 2 N–H and O–H groups in total. The Morgan fingerprint density at radius 2 is 1.34 bits per heavy atom. The molecular formula is C25H42O4. The van der Waals surface area contributed by atoms with Gasteiger partial charge in [0.05, 0.1) is 6.61 Å². The number of phenols is 2. The van der Waals surface area contributed by atoms with E-state index in [4.69, 9.17) is 4.74 Å². The van der Waals surface area contributed by atoms with Gasteiger partial charge in [-0.05, 0) is 30.9 Å². The molecule has 0 radical (unpaired) electrons. The Bertz CT molecular complexity index is 542. The monoisotopic (exact) mass is 406 g/mol. The SMILES string of the molecule is CCCCCCCCCCCCCCCC(=O)OCCCc1cccc(O)c1O. The van der Waals surface area contributed by atoms with Crippen LogP contribution in [-0.4, -0.2) is 22.8 Å². The number of esters is 1. The number of benzene rings is 1. The van der Waals surface area contributed by atoms with Gasteiger partial charge < -0.3 is 14.9 Å². The molecule has 29 heavy (non-hydrogen) atoms. The van der Waals surface area contributed by atoms with Crippen molar-refractivity contribution < 1.29 is 19.7 Å². The minimum absolute atomic E-state index is 0.0780. The predicted octanol–water partition coefficient (Wildman–Crippen LogP) is 7.05. The maximum Gasteiger partial charge on any atom is 0.305 e. The Labute approximate surface area is 177 Å². The van der Waals surface area contributed by atoms with Crippen LogP contribution in [0.15, 0.2) is 18.2 Å². The summed E-state index contributed by atoms with van der Waals surface area (Å²) in [7, 11) is 0. The Hall–Kier alpha value is -1.71. The largest absolute Gasteiger partial charge is 0.504 e. The van der Waals surface area contributed by atoms with E-state index in [0.29, 0.717) is 31.4 Å². The van der Waals surface area contributed by atoms with Crippen molar-refractivity contribution in [3.63, 3.8) is 0 Å². The highest BCUT2D eigenvalue weighted by Crippen LogP contribution is 2.28. The van der Waals surface area contributed by atoms with E-state index in [0.717, 1.165) is 12.8 Å². The van der Waals surface area contributed by atoms with Crippen molar-refractivity contribution in [2.45, 2.75) is 110 Å². The molecule has 1 rings (SSSR count). The normalized spacial score (nSPS) is 10.9. The summed E-state index contributed by atoms with van der Waals surface area (Å²) in [5, 5.41) is 19.2. The minimum atomic E-state index is -0.131. The summed E-state index contributed by atoms with van der Waals surface area (Å²) < 4.78 is 5.26. The van der Waals surface area contributed by atoms with Crippen molar-refractivity contribution in [2.24, 2.45) is 0 Å². The van der Waals surface area contributed by atoms with Crippen LogP contribution < -0.4 is 0 Å². The zero-order chi connectivity index (χ0) is 21.2. The lowest BCUT2D eigenvalue weighted by molar-refractivity contribution is -0.143. The number of unbranched alkanes of at least 4 members (excludes halogenated alkanes) is 12. The van der Waals surface area contributed by atoms with Gasteiger partial charge in [0.1, 0.15) is 0 Å². The van der Waals surface area contributed by atoms with Gasteiger partial charge in [-0.15, -0.1) is 0 Å². The number of hydrogen-bond donors (Lipinski definition) is 2. The third-order valence-electron chi connectivity index (χ3n) is 5.44. The van der Waals surface area contributed by atoms with Crippen molar-refractivity contribution in [3.05, 3.63) is 23.8 Å². The molecule has 0 atom stereocenters. The van der Waals surface area contributed by atoms with Crippen LogP contribution in [0, 0.1) is 0 Å². The van der Waals surface area contributed by atoms with E-state index >= 15 is 0 Å². The van der Waals surface area contributed by atoms with E-state index in [1.54, 1.807) is 12.1 Å². The molecule has 0 aliphatic rings. The molecule has 1 aromatic rings. The number of phenolic OH excluding ortho intramolecular Hbond substituents is 2. The molecule has 0 aliphatic carbocycles. The molecule has 0 saturated heterocycles. The molecule has 166 valence electrons. The van der Waals surface area contributed by atoms with Crippen LogP contribution in [-0.2, 0) is 16.0 Å². The molecule has 0 spiro atoms. The molecule has 4 nitrogen and oxygen atoms in total. The third-order valence-corrected chi connectivity index (χ3v) is 5.44. The number of carbonyl (C=O) groups excluding carboxylic acids is 1. The van der Waals surface area contributed by atoms with Crippen LogP contribution in [0.25, 0.3) is 0 Å². The number of para-hydroxylation sites is 1. The highest BCUT2D eigenvalue weighted by molar-refractivity contribution is 5.69. The average Bonchev–Trinajstić information content (AvgIpc) is 2.71. The molecule has 0 aliphatic heterocycles. The van der Waals surface area contributed by atoms with E-state index in [1.165, 1.54) is 76.7 Å². The highest BCUT2D eigenvalue weighted by Gasteiger charge is 2.07. The van der Waals surface area contributed by atoms with E-state index in [9.17, 15) is 15.0 Å². The van der Waals surface area contributed by atoms with Crippen LogP contribution >= 0.6 is 0 Å². The third kappa shape index (κ3) is 13.2. The van der Waals surface area contributed by atoms with Gasteiger partial charge in [-0.3, -0.25) is 4.79 Å². The zero-order valence-electron chi connectivity index (χ0n) is 18.5. The maximum atomic E-state index is 11.8. The summed E-state index contributed by atoms with van der Waals surface area (Å²) in [6, 6.07) is 4.92. The molecule has 0 heterocycles. The first-order chi connectivity index (χ1) is 14.1. The van der Waals surface area contributed by atoms with Gasteiger partial charge in [-0.2, -0.15) is 0 Å². The molecule has 0 saturated carbocycles. The standard InChI is InChI=1S/C25H42O4/c1-2-3-4-5-6-7-8-9-10-11-12-13-14-20-24(27)29-21-16-18-22-17-15-19-23(26)25(22)28/h15,17,19,26,28H,2-14,16,18,20-21H2,1H3. The van der Waals surface area contributed by atoms with Crippen molar-refractivity contribution >= 4 is 5.97 Å². The Morgan fingerprint density at radius 1 is 0.793 bits per heavy atom. The van der Waals surface area contributed by atoms with Crippen molar-refractivity contribution in [3.8, 4) is 11.5 Å². The lowest BCUT2D eigenvalue weighted by Gasteiger charge is -2.07. The van der Waals surface area contributed by atoms with Gasteiger partial charge in [-0.25, -0.2) is 0 Å². The fourth-order valence-electron chi connectivity index (χ4n) is 3.59. The van der Waals surface area contributed by atoms with Crippen LogP contribution in [0.1, 0.15) is 109 Å². The van der Waals surface area contributed by atoms with Gasteiger partial charge in [0.2, 0.25) is 0 Å². The first-order valence-corrected chi connectivity index (χ1v) is 11.8. The van der Waals surface area contributed by atoms with Crippen molar-refractivity contribution in [1.29, 1.82) is 0 Å². The van der Waals surface area contributed by atoms with Gasteiger partial charge in [0.15, 0.2) is 11.5 Å². The quantitative estimate of drug-likeness (QED) is 0.156. The molecule has 0 fully saturated rings. The first-order valence-electron chi connectivity index (χ1n) is 11.8. The number of rotatable bonds is 18. The predicted molar refractivity (Wildman–Crippen MR) is 119 cm³/mol. The lowest BCUT2D eigenvalue weighted by atomic mass is 10.0. The number of aromatic hydroxyl groups is 2. The summed E-state index contributed by atoms with van der Waals surface area (Å²) in [6.45, 7) is 2.61. The summed E-state index contributed by atoms with van der Waals surface area (Å²) in [4.78, 5) is 11.8. The van der Waals surface area contributed by atoms with Crippen LogP contribution in [0.4, 0.5) is 0 Å². The van der Waals surface area contributed by atoms with Gasteiger partial charge in [-0.1, -0.05) is 96.1 Å².